The molecule has 0 aromatic carbocycles. The summed E-state index contributed by atoms with van der Waals surface area (Å²) in [5.41, 5.74) is -0.988. The van der Waals surface area contributed by atoms with Crippen LogP contribution in [0.3, 0.4) is 0 Å². The Kier molecular flexibility index (Phi) is 5.42. The van der Waals surface area contributed by atoms with Crippen LogP contribution in [0.5, 0.6) is 0 Å². The summed E-state index contributed by atoms with van der Waals surface area (Å²) in [7, 11) is -3.34. The van der Waals surface area contributed by atoms with Gasteiger partial charge in [-0.1, -0.05) is 34.6 Å². The molecule has 2 N–H and O–H groups in total. The van der Waals surface area contributed by atoms with E-state index in [1.54, 1.807) is 0 Å². The third-order valence-corrected chi connectivity index (χ3v) is 4.64. The summed E-state index contributed by atoms with van der Waals surface area (Å²) in [6.07, 6.45) is 1.17. The molecule has 0 heterocycles. The first-order valence-corrected chi connectivity index (χ1v) is 7.37. The molecule has 0 aliphatic heterocycles. The van der Waals surface area contributed by atoms with E-state index in [2.05, 4.69) is 4.72 Å². The Bertz CT molecular complexity index is 291. The number of nitrogens with one attached hydrogen (secondary N) is 1. The minimum atomic E-state index is -3.34. The standard InChI is InChI=1S/C11H25NO3S/c1-6-11(7-2,8-13)12-16(14,15)9-10(3,4)5/h12-13H,6-9H2,1-5H3. The molecule has 0 radical (unpaired) electrons. The molecule has 0 amide bonds. The number of hydrogen-bond donors (Lipinski definition) is 2. The predicted octanol–water partition coefficient (Wildman–Crippen LogP) is 1.50. The minimum Gasteiger partial charge on any atom is -0.394 e. The van der Waals surface area contributed by atoms with Gasteiger partial charge in [-0.3, -0.25) is 0 Å². The number of aliphatic hydroxyl groups is 1. The molecule has 0 saturated heterocycles. The van der Waals surface area contributed by atoms with Crippen molar-refractivity contribution in [2.75, 3.05) is 12.4 Å². The van der Waals surface area contributed by atoms with E-state index in [0.717, 1.165) is 0 Å². The van der Waals surface area contributed by atoms with Gasteiger partial charge in [0.1, 0.15) is 0 Å². The van der Waals surface area contributed by atoms with Crippen molar-refractivity contribution < 1.29 is 13.5 Å². The molecule has 0 saturated carbocycles. The summed E-state index contributed by atoms with van der Waals surface area (Å²) in [5, 5.41) is 9.31. The highest BCUT2D eigenvalue weighted by molar-refractivity contribution is 7.89. The van der Waals surface area contributed by atoms with Crippen LogP contribution >= 0.6 is 0 Å². The number of rotatable bonds is 6. The zero-order valence-corrected chi connectivity index (χ0v) is 11.8. The Morgan fingerprint density at radius 2 is 1.56 bits per heavy atom. The molecule has 0 fully saturated rings. The van der Waals surface area contributed by atoms with E-state index in [0.29, 0.717) is 12.8 Å². The second-order valence-corrected chi connectivity index (χ2v) is 7.29. The lowest BCUT2D eigenvalue weighted by Gasteiger charge is -2.31. The van der Waals surface area contributed by atoms with Gasteiger partial charge in [0.2, 0.25) is 10.0 Å². The summed E-state index contributed by atoms with van der Waals surface area (Å²) >= 11 is 0. The summed E-state index contributed by atoms with van der Waals surface area (Å²) in [6.45, 7) is 9.22. The van der Waals surface area contributed by atoms with Gasteiger partial charge in [-0.05, 0) is 18.3 Å². The SMILES string of the molecule is CCC(CC)(CO)NS(=O)(=O)CC(C)(C)C. The third-order valence-electron chi connectivity index (χ3n) is 2.65. The van der Waals surface area contributed by atoms with Crippen LogP contribution in [0.4, 0.5) is 0 Å². The van der Waals surface area contributed by atoms with Gasteiger partial charge >= 0.3 is 0 Å². The Labute approximate surface area is 99.5 Å². The molecular weight excluding hydrogens is 226 g/mol. The maximum absolute atomic E-state index is 11.9. The molecule has 0 aromatic rings. The van der Waals surface area contributed by atoms with E-state index in [1.165, 1.54) is 0 Å². The van der Waals surface area contributed by atoms with Gasteiger partial charge in [-0.2, -0.15) is 0 Å². The number of sulfonamides is 1. The lowest BCUT2D eigenvalue weighted by molar-refractivity contribution is 0.172. The van der Waals surface area contributed by atoms with Gasteiger partial charge in [0, 0.05) is 0 Å². The van der Waals surface area contributed by atoms with Gasteiger partial charge in [0.15, 0.2) is 0 Å². The Morgan fingerprint density at radius 3 is 1.81 bits per heavy atom. The van der Waals surface area contributed by atoms with Gasteiger partial charge in [0.05, 0.1) is 17.9 Å². The lowest BCUT2D eigenvalue weighted by Crippen LogP contribution is -2.52. The molecule has 0 rings (SSSR count). The molecule has 0 aliphatic carbocycles. The van der Waals surface area contributed by atoms with Crippen LogP contribution in [0.2, 0.25) is 0 Å². The number of hydrogen-bond acceptors (Lipinski definition) is 3. The zero-order chi connectivity index (χ0) is 13.0. The number of aliphatic hydroxyl groups excluding tert-OH is 1. The van der Waals surface area contributed by atoms with Crippen molar-refractivity contribution in [3.63, 3.8) is 0 Å². The first-order valence-electron chi connectivity index (χ1n) is 5.72. The Balaban J connectivity index is 4.81. The fourth-order valence-corrected chi connectivity index (χ4v) is 3.81. The molecule has 98 valence electrons. The van der Waals surface area contributed by atoms with E-state index >= 15 is 0 Å². The smallest absolute Gasteiger partial charge is 0.212 e. The Hall–Kier alpha value is -0.130. The van der Waals surface area contributed by atoms with Crippen LogP contribution in [0, 0.1) is 5.41 Å². The van der Waals surface area contributed by atoms with E-state index in [9.17, 15) is 13.5 Å². The predicted molar refractivity (Wildman–Crippen MR) is 66.8 cm³/mol. The van der Waals surface area contributed by atoms with Crippen molar-refractivity contribution >= 4 is 10.0 Å². The van der Waals surface area contributed by atoms with Crippen molar-refractivity contribution in [2.45, 2.75) is 53.0 Å². The zero-order valence-electron chi connectivity index (χ0n) is 11.0. The summed E-state index contributed by atoms with van der Waals surface area (Å²) in [6, 6.07) is 0. The van der Waals surface area contributed by atoms with Crippen molar-refractivity contribution in [1.29, 1.82) is 0 Å². The van der Waals surface area contributed by atoms with Crippen molar-refractivity contribution in [3.8, 4) is 0 Å². The average molecular weight is 251 g/mol. The van der Waals surface area contributed by atoms with Crippen LogP contribution in [0.15, 0.2) is 0 Å². The minimum absolute atomic E-state index is 0.0712. The van der Waals surface area contributed by atoms with Gasteiger partial charge < -0.3 is 5.11 Å². The molecule has 4 nitrogen and oxygen atoms in total. The summed E-state index contributed by atoms with van der Waals surface area (Å²) < 4.78 is 26.5. The molecule has 16 heavy (non-hydrogen) atoms. The largest absolute Gasteiger partial charge is 0.394 e. The molecule has 0 aromatic heterocycles. The van der Waals surface area contributed by atoms with E-state index in [4.69, 9.17) is 0 Å². The van der Waals surface area contributed by atoms with E-state index in [1.807, 2.05) is 34.6 Å². The quantitative estimate of drug-likeness (QED) is 0.752. The second kappa shape index (κ2) is 5.47. The van der Waals surface area contributed by atoms with Crippen LogP contribution in [-0.2, 0) is 10.0 Å². The first kappa shape index (κ1) is 15.9. The molecule has 0 unspecified atom stereocenters. The average Bonchev–Trinajstić information content (AvgIpc) is 2.10. The van der Waals surface area contributed by atoms with E-state index in [-0.39, 0.29) is 17.8 Å². The van der Waals surface area contributed by atoms with Gasteiger partial charge in [-0.15, -0.1) is 0 Å². The highest BCUT2D eigenvalue weighted by Crippen LogP contribution is 2.20. The maximum atomic E-state index is 11.9. The first-order chi connectivity index (χ1) is 7.10. The van der Waals surface area contributed by atoms with Gasteiger partial charge in [-0.25, -0.2) is 13.1 Å². The van der Waals surface area contributed by atoms with Crippen molar-refractivity contribution in [3.05, 3.63) is 0 Å². The topological polar surface area (TPSA) is 66.4 Å². The molecule has 5 heteroatoms. The van der Waals surface area contributed by atoms with E-state index < -0.39 is 15.6 Å². The van der Waals surface area contributed by atoms with Crippen LogP contribution in [0.25, 0.3) is 0 Å². The monoisotopic (exact) mass is 251 g/mol. The van der Waals surface area contributed by atoms with Crippen molar-refractivity contribution in [1.82, 2.24) is 4.72 Å². The molecule has 0 atom stereocenters. The Morgan fingerprint density at radius 1 is 1.12 bits per heavy atom. The van der Waals surface area contributed by atoms with Crippen LogP contribution in [-0.4, -0.2) is 31.4 Å². The third kappa shape index (κ3) is 5.27. The summed E-state index contributed by atoms with van der Waals surface area (Å²) in [5.74, 6) is 0.0712. The fourth-order valence-electron chi connectivity index (χ4n) is 1.59. The second-order valence-electron chi connectivity index (χ2n) is 5.57. The highest BCUT2D eigenvalue weighted by Gasteiger charge is 2.32. The van der Waals surface area contributed by atoms with Crippen LogP contribution in [0.1, 0.15) is 47.5 Å². The van der Waals surface area contributed by atoms with Gasteiger partial charge in [0.25, 0.3) is 0 Å². The normalized spacial score (nSPS) is 14.1. The fraction of sp³-hybridized carbons (Fsp3) is 1.00. The molecular formula is C11H25NO3S. The molecule has 0 aliphatic rings. The molecule has 0 bridgehead atoms. The highest BCUT2D eigenvalue weighted by atomic mass is 32.2. The maximum Gasteiger partial charge on any atom is 0.212 e. The lowest BCUT2D eigenvalue weighted by atomic mass is 9.96. The van der Waals surface area contributed by atoms with Crippen molar-refractivity contribution in [2.24, 2.45) is 5.41 Å². The summed E-state index contributed by atoms with van der Waals surface area (Å²) in [4.78, 5) is 0. The van der Waals surface area contributed by atoms with Crippen LogP contribution < -0.4 is 4.72 Å². The molecule has 0 spiro atoms.